The molecule has 1 amide bonds. The highest BCUT2D eigenvalue weighted by molar-refractivity contribution is 5.77. The molecule has 0 radical (unpaired) electrons. The molecule has 0 aromatic rings. The maximum atomic E-state index is 11.5. The summed E-state index contributed by atoms with van der Waals surface area (Å²) in [4.78, 5) is 11.5. The predicted molar refractivity (Wildman–Crippen MR) is 117 cm³/mol. The fourth-order valence-corrected chi connectivity index (χ4v) is 2.43. The van der Waals surface area contributed by atoms with Gasteiger partial charge in [-0.05, 0) is 39.2 Å². The van der Waals surface area contributed by atoms with E-state index in [0.717, 1.165) is 26.0 Å². The number of rotatable bonds is 21. The Morgan fingerprint density at radius 3 is 1.90 bits per heavy atom. The van der Waals surface area contributed by atoms with Crippen LogP contribution in [0.3, 0.4) is 0 Å². The third-order valence-corrected chi connectivity index (χ3v) is 4.27. The average molecular weight is 419 g/mol. The molecule has 0 bridgehead atoms. The fourth-order valence-electron chi connectivity index (χ4n) is 2.43. The normalized spacial score (nSPS) is 12.7. The first-order valence-corrected chi connectivity index (χ1v) is 11.3. The lowest BCUT2D eigenvalue weighted by Crippen LogP contribution is -2.30. The molecule has 1 atom stereocenters. The number of hydrogen-bond donors (Lipinski definition) is 2. The molecule has 2 N–H and O–H groups in total. The number of carbonyl (C=O) groups excluding carboxylic acids is 1. The summed E-state index contributed by atoms with van der Waals surface area (Å²) in [5.41, 5.74) is 0. The van der Waals surface area contributed by atoms with E-state index < -0.39 is 0 Å². The first kappa shape index (κ1) is 28.3. The predicted octanol–water partition coefficient (Wildman–Crippen LogP) is 2.77. The highest BCUT2D eigenvalue weighted by Gasteiger charge is 2.07. The summed E-state index contributed by atoms with van der Waals surface area (Å²) in [6, 6.07) is 0.568. The van der Waals surface area contributed by atoms with Crippen LogP contribution in [0.2, 0.25) is 0 Å². The molecular formula is C22H46N2O5. The second kappa shape index (κ2) is 20.5. The number of carbonyl (C=O) groups is 1. The van der Waals surface area contributed by atoms with Crippen molar-refractivity contribution in [1.82, 2.24) is 10.6 Å². The lowest BCUT2D eigenvalue weighted by molar-refractivity contribution is -0.124. The molecule has 7 heteroatoms. The van der Waals surface area contributed by atoms with E-state index in [1.165, 1.54) is 12.8 Å². The third kappa shape index (κ3) is 21.8. The Morgan fingerprint density at radius 2 is 1.31 bits per heavy atom. The van der Waals surface area contributed by atoms with Gasteiger partial charge in [0.25, 0.3) is 0 Å². The lowest BCUT2D eigenvalue weighted by atomic mass is 10.2. The van der Waals surface area contributed by atoms with E-state index >= 15 is 0 Å². The molecule has 0 rings (SSSR count). The topological polar surface area (TPSA) is 78.1 Å². The van der Waals surface area contributed by atoms with Crippen molar-refractivity contribution in [2.75, 3.05) is 59.3 Å². The lowest BCUT2D eigenvalue weighted by Gasteiger charge is -2.14. The number of ether oxygens (including phenoxy) is 4. The highest BCUT2D eigenvalue weighted by atomic mass is 16.6. The Labute approximate surface area is 178 Å². The van der Waals surface area contributed by atoms with Crippen LogP contribution >= 0.6 is 0 Å². The first-order valence-electron chi connectivity index (χ1n) is 11.3. The average Bonchev–Trinajstić information content (AvgIpc) is 2.67. The van der Waals surface area contributed by atoms with E-state index in [1.807, 2.05) is 20.8 Å². The molecule has 0 heterocycles. The number of unbranched alkanes of at least 4 members (excludes halogenated alkanes) is 2. The minimum atomic E-state index is 0.0237. The molecular weight excluding hydrogens is 372 g/mol. The SMILES string of the molecule is CC(C)NCCCCCOCCOCCOCCOC(C)CCNC(=O)C(C)C. The zero-order valence-electron chi connectivity index (χ0n) is 19.5. The monoisotopic (exact) mass is 418 g/mol. The standard InChI is InChI=1S/C22H46N2O5/c1-19(2)22(25)24-11-9-21(5)29-18-17-28-16-15-27-14-13-26-12-8-6-7-10-23-20(3)4/h19-21,23H,6-18H2,1-5H3,(H,24,25). The van der Waals surface area contributed by atoms with E-state index in [2.05, 4.69) is 24.5 Å². The number of hydrogen-bond acceptors (Lipinski definition) is 6. The maximum Gasteiger partial charge on any atom is 0.222 e. The van der Waals surface area contributed by atoms with Crippen LogP contribution in [0.4, 0.5) is 0 Å². The van der Waals surface area contributed by atoms with Gasteiger partial charge in [-0.15, -0.1) is 0 Å². The van der Waals surface area contributed by atoms with E-state index in [0.29, 0.717) is 52.2 Å². The summed E-state index contributed by atoms with van der Waals surface area (Å²) in [5, 5.41) is 6.31. The molecule has 0 aliphatic heterocycles. The van der Waals surface area contributed by atoms with Crippen LogP contribution in [-0.4, -0.2) is 77.4 Å². The molecule has 0 fully saturated rings. The Balaban J connectivity index is 3.19. The maximum absolute atomic E-state index is 11.5. The van der Waals surface area contributed by atoms with Gasteiger partial charge in [-0.2, -0.15) is 0 Å². The van der Waals surface area contributed by atoms with E-state index in [4.69, 9.17) is 18.9 Å². The number of nitrogens with one attached hydrogen (secondary N) is 2. The Morgan fingerprint density at radius 1 is 0.724 bits per heavy atom. The van der Waals surface area contributed by atoms with Gasteiger partial charge in [0.15, 0.2) is 0 Å². The number of amides is 1. The van der Waals surface area contributed by atoms with Gasteiger partial charge in [0.1, 0.15) is 0 Å². The zero-order chi connectivity index (χ0) is 21.7. The van der Waals surface area contributed by atoms with Crippen LogP contribution < -0.4 is 10.6 Å². The summed E-state index contributed by atoms with van der Waals surface area (Å²) >= 11 is 0. The summed E-state index contributed by atoms with van der Waals surface area (Å²) in [6.45, 7) is 16.1. The van der Waals surface area contributed by atoms with Crippen LogP contribution in [0, 0.1) is 5.92 Å². The summed E-state index contributed by atoms with van der Waals surface area (Å²) < 4.78 is 22.2. The van der Waals surface area contributed by atoms with Crippen LogP contribution in [0.15, 0.2) is 0 Å². The van der Waals surface area contributed by atoms with Gasteiger partial charge < -0.3 is 29.6 Å². The minimum absolute atomic E-state index is 0.0237. The third-order valence-electron chi connectivity index (χ3n) is 4.27. The fraction of sp³-hybridized carbons (Fsp3) is 0.955. The van der Waals surface area contributed by atoms with Gasteiger partial charge in [-0.1, -0.05) is 27.7 Å². The Bertz CT molecular complexity index is 367. The van der Waals surface area contributed by atoms with Crippen LogP contribution in [0.25, 0.3) is 0 Å². The highest BCUT2D eigenvalue weighted by Crippen LogP contribution is 1.98. The first-order chi connectivity index (χ1) is 13.9. The molecule has 7 nitrogen and oxygen atoms in total. The van der Waals surface area contributed by atoms with Gasteiger partial charge >= 0.3 is 0 Å². The Kier molecular flexibility index (Phi) is 20.0. The van der Waals surface area contributed by atoms with Crippen molar-refractivity contribution in [2.24, 2.45) is 5.92 Å². The molecule has 0 aliphatic rings. The summed E-state index contributed by atoms with van der Waals surface area (Å²) in [7, 11) is 0. The van der Waals surface area contributed by atoms with Crippen molar-refractivity contribution >= 4 is 5.91 Å². The van der Waals surface area contributed by atoms with Crippen LogP contribution in [0.5, 0.6) is 0 Å². The molecule has 0 saturated heterocycles. The van der Waals surface area contributed by atoms with Crippen molar-refractivity contribution in [2.45, 2.75) is 72.4 Å². The second-order valence-electron chi connectivity index (χ2n) is 7.92. The van der Waals surface area contributed by atoms with E-state index in [-0.39, 0.29) is 17.9 Å². The molecule has 0 aromatic heterocycles. The molecule has 0 spiro atoms. The van der Waals surface area contributed by atoms with E-state index in [1.54, 1.807) is 0 Å². The van der Waals surface area contributed by atoms with Gasteiger partial charge in [0, 0.05) is 25.1 Å². The molecule has 29 heavy (non-hydrogen) atoms. The Hall–Kier alpha value is -0.730. The molecule has 0 aromatic carbocycles. The van der Waals surface area contributed by atoms with Gasteiger partial charge in [-0.3, -0.25) is 4.79 Å². The van der Waals surface area contributed by atoms with Crippen LogP contribution in [-0.2, 0) is 23.7 Å². The quantitative estimate of drug-likeness (QED) is 0.279. The van der Waals surface area contributed by atoms with Crippen molar-refractivity contribution in [1.29, 1.82) is 0 Å². The minimum Gasteiger partial charge on any atom is -0.379 e. The summed E-state index contributed by atoms with van der Waals surface area (Å²) in [5.74, 6) is 0.108. The van der Waals surface area contributed by atoms with Crippen LogP contribution in [0.1, 0.15) is 60.3 Å². The molecule has 174 valence electrons. The van der Waals surface area contributed by atoms with Crippen molar-refractivity contribution in [3.05, 3.63) is 0 Å². The van der Waals surface area contributed by atoms with E-state index in [9.17, 15) is 4.79 Å². The second-order valence-corrected chi connectivity index (χ2v) is 7.92. The van der Waals surface area contributed by atoms with Crippen molar-refractivity contribution in [3.63, 3.8) is 0 Å². The molecule has 0 aliphatic carbocycles. The van der Waals surface area contributed by atoms with Crippen molar-refractivity contribution in [3.8, 4) is 0 Å². The van der Waals surface area contributed by atoms with Gasteiger partial charge in [-0.25, -0.2) is 0 Å². The largest absolute Gasteiger partial charge is 0.379 e. The summed E-state index contributed by atoms with van der Waals surface area (Å²) in [6.07, 6.45) is 4.40. The molecule has 0 saturated carbocycles. The van der Waals surface area contributed by atoms with Gasteiger partial charge in [0.2, 0.25) is 5.91 Å². The zero-order valence-corrected chi connectivity index (χ0v) is 19.5. The smallest absolute Gasteiger partial charge is 0.222 e. The van der Waals surface area contributed by atoms with Gasteiger partial charge in [0.05, 0.1) is 45.7 Å². The van der Waals surface area contributed by atoms with Crippen molar-refractivity contribution < 1.29 is 23.7 Å². The molecule has 1 unspecified atom stereocenters.